The van der Waals surface area contributed by atoms with E-state index in [-0.39, 0.29) is 0 Å². The van der Waals surface area contributed by atoms with Crippen molar-refractivity contribution in [3.63, 3.8) is 0 Å². The van der Waals surface area contributed by atoms with Gasteiger partial charge in [0.15, 0.2) is 0 Å². The topological polar surface area (TPSA) is 38.5 Å². The van der Waals surface area contributed by atoms with Crippen molar-refractivity contribution in [2.45, 2.75) is 45.3 Å². The molecule has 3 nitrogen and oxygen atoms in total. The standard InChI is InChI=1S/C10H22N2O/c1-4-10(11)9(3)12-5-6-13-7-8(12)2/h8-10H,4-7,11H2,1-3H3. The lowest BCUT2D eigenvalue weighted by Gasteiger charge is -2.40. The summed E-state index contributed by atoms with van der Waals surface area (Å²) in [6, 6.07) is 1.28. The molecular weight excluding hydrogens is 164 g/mol. The molecule has 0 spiro atoms. The van der Waals surface area contributed by atoms with Crippen LogP contribution in [0, 0.1) is 0 Å². The molecule has 1 rings (SSSR count). The highest BCUT2D eigenvalue weighted by atomic mass is 16.5. The van der Waals surface area contributed by atoms with E-state index in [9.17, 15) is 0 Å². The van der Waals surface area contributed by atoms with E-state index in [1.807, 2.05) is 0 Å². The third kappa shape index (κ3) is 2.66. The van der Waals surface area contributed by atoms with Gasteiger partial charge >= 0.3 is 0 Å². The van der Waals surface area contributed by atoms with Crippen molar-refractivity contribution in [2.75, 3.05) is 19.8 Å². The first-order chi connectivity index (χ1) is 6.16. The van der Waals surface area contributed by atoms with E-state index in [0.717, 1.165) is 26.2 Å². The van der Waals surface area contributed by atoms with Crippen LogP contribution in [0.5, 0.6) is 0 Å². The van der Waals surface area contributed by atoms with Crippen molar-refractivity contribution in [1.82, 2.24) is 4.90 Å². The Balaban J connectivity index is 2.47. The number of nitrogens with zero attached hydrogens (tertiary/aromatic N) is 1. The first kappa shape index (κ1) is 11.0. The molecule has 0 radical (unpaired) electrons. The molecule has 0 aliphatic carbocycles. The van der Waals surface area contributed by atoms with E-state index in [1.54, 1.807) is 0 Å². The molecule has 2 N–H and O–H groups in total. The van der Waals surface area contributed by atoms with Gasteiger partial charge in [-0.3, -0.25) is 4.90 Å². The maximum Gasteiger partial charge on any atom is 0.0619 e. The average Bonchev–Trinajstić information content (AvgIpc) is 2.16. The summed E-state index contributed by atoms with van der Waals surface area (Å²) >= 11 is 0. The highest BCUT2D eigenvalue weighted by molar-refractivity contribution is 4.82. The summed E-state index contributed by atoms with van der Waals surface area (Å²) in [6.07, 6.45) is 1.05. The molecule has 3 atom stereocenters. The van der Waals surface area contributed by atoms with Crippen LogP contribution in [0.25, 0.3) is 0 Å². The van der Waals surface area contributed by atoms with Crippen LogP contribution in [0.3, 0.4) is 0 Å². The lowest BCUT2D eigenvalue weighted by Crippen LogP contribution is -2.54. The molecule has 1 saturated heterocycles. The predicted molar refractivity (Wildman–Crippen MR) is 54.7 cm³/mol. The maximum absolute atomic E-state index is 6.03. The van der Waals surface area contributed by atoms with E-state index in [0.29, 0.717) is 18.1 Å². The first-order valence-corrected chi connectivity index (χ1v) is 5.25. The Morgan fingerprint density at radius 3 is 2.85 bits per heavy atom. The Kier molecular flexibility index (Phi) is 4.16. The molecule has 0 saturated carbocycles. The van der Waals surface area contributed by atoms with Crippen LogP contribution in [0.4, 0.5) is 0 Å². The Bertz CT molecular complexity index is 152. The summed E-state index contributed by atoms with van der Waals surface area (Å²) in [6.45, 7) is 9.29. The van der Waals surface area contributed by atoms with Gasteiger partial charge in [0.25, 0.3) is 0 Å². The highest BCUT2D eigenvalue weighted by Gasteiger charge is 2.26. The molecule has 3 heteroatoms. The molecule has 1 aliphatic heterocycles. The number of nitrogens with two attached hydrogens (primary N) is 1. The molecule has 0 amide bonds. The Labute approximate surface area is 81.2 Å². The zero-order valence-corrected chi connectivity index (χ0v) is 8.99. The van der Waals surface area contributed by atoms with Crippen LogP contribution in [0.2, 0.25) is 0 Å². The molecule has 1 aliphatic rings. The monoisotopic (exact) mass is 186 g/mol. The normalized spacial score (nSPS) is 30.0. The predicted octanol–water partition coefficient (Wildman–Crippen LogP) is 0.833. The molecule has 78 valence electrons. The third-order valence-electron chi connectivity index (χ3n) is 3.03. The highest BCUT2D eigenvalue weighted by Crippen LogP contribution is 2.13. The smallest absolute Gasteiger partial charge is 0.0619 e. The summed E-state index contributed by atoms with van der Waals surface area (Å²) in [5, 5.41) is 0. The molecule has 0 aromatic rings. The summed E-state index contributed by atoms with van der Waals surface area (Å²) in [4.78, 5) is 2.46. The Morgan fingerprint density at radius 2 is 2.31 bits per heavy atom. The van der Waals surface area contributed by atoms with E-state index in [4.69, 9.17) is 10.5 Å². The SMILES string of the molecule is CCC(N)C(C)N1CCOCC1C. The average molecular weight is 186 g/mol. The van der Waals surface area contributed by atoms with Crippen molar-refractivity contribution >= 4 is 0 Å². The van der Waals surface area contributed by atoms with Gasteiger partial charge in [-0.05, 0) is 20.3 Å². The van der Waals surface area contributed by atoms with E-state index in [2.05, 4.69) is 25.7 Å². The van der Waals surface area contributed by atoms with Gasteiger partial charge in [0.05, 0.1) is 13.2 Å². The van der Waals surface area contributed by atoms with E-state index in [1.165, 1.54) is 0 Å². The van der Waals surface area contributed by atoms with E-state index < -0.39 is 0 Å². The summed E-state index contributed by atoms with van der Waals surface area (Å²) in [7, 11) is 0. The Morgan fingerprint density at radius 1 is 1.62 bits per heavy atom. The first-order valence-electron chi connectivity index (χ1n) is 5.25. The van der Waals surface area contributed by atoms with Gasteiger partial charge in [-0.25, -0.2) is 0 Å². The summed E-state index contributed by atoms with van der Waals surface area (Å²) < 4.78 is 5.39. The second-order valence-corrected chi connectivity index (χ2v) is 3.97. The molecule has 1 fully saturated rings. The lowest BCUT2D eigenvalue weighted by molar-refractivity contribution is -0.0233. The van der Waals surface area contributed by atoms with Crippen molar-refractivity contribution in [1.29, 1.82) is 0 Å². The molecule has 0 aromatic heterocycles. The fraction of sp³-hybridized carbons (Fsp3) is 1.00. The molecular formula is C10H22N2O. The second kappa shape index (κ2) is 4.94. The van der Waals surface area contributed by atoms with Gasteiger partial charge in [-0.1, -0.05) is 6.92 Å². The molecule has 0 bridgehead atoms. The minimum Gasteiger partial charge on any atom is -0.379 e. The van der Waals surface area contributed by atoms with Crippen molar-refractivity contribution in [3.05, 3.63) is 0 Å². The number of morpholine rings is 1. The van der Waals surface area contributed by atoms with Crippen molar-refractivity contribution < 1.29 is 4.74 Å². The summed E-state index contributed by atoms with van der Waals surface area (Å²) in [5.74, 6) is 0. The minimum atomic E-state index is 0.292. The molecule has 1 heterocycles. The van der Waals surface area contributed by atoms with Crippen LogP contribution < -0.4 is 5.73 Å². The molecule has 0 aromatic carbocycles. The van der Waals surface area contributed by atoms with Gasteiger partial charge in [-0.15, -0.1) is 0 Å². The fourth-order valence-corrected chi connectivity index (χ4v) is 1.93. The zero-order chi connectivity index (χ0) is 9.84. The lowest BCUT2D eigenvalue weighted by atomic mass is 10.0. The minimum absolute atomic E-state index is 0.292. The van der Waals surface area contributed by atoms with Crippen LogP contribution >= 0.6 is 0 Å². The zero-order valence-electron chi connectivity index (χ0n) is 8.99. The largest absolute Gasteiger partial charge is 0.379 e. The molecule has 13 heavy (non-hydrogen) atoms. The van der Waals surface area contributed by atoms with Gasteiger partial charge in [0.2, 0.25) is 0 Å². The van der Waals surface area contributed by atoms with Gasteiger partial charge < -0.3 is 10.5 Å². The van der Waals surface area contributed by atoms with Crippen LogP contribution in [-0.2, 0) is 4.74 Å². The van der Waals surface area contributed by atoms with Crippen LogP contribution in [0.15, 0.2) is 0 Å². The second-order valence-electron chi connectivity index (χ2n) is 3.97. The number of ether oxygens (including phenoxy) is 1. The quantitative estimate of drug-likeness (QED) is 0.709. The Hall–Kier alpha value is -0.120. The number of rotatable bonds is 3. The van der Waals surface area contributed by atoms with Crippen molar-refractivity contribution in [3.8, 4) is 0 Å². The van der Waals surface area contributed by atoms with Gasteiger partial charge in [-0.2, -0.15) is 0 Å². The van der Waals surface area contributed by atoms with Crippen molar-refractivity contribution in [2.24, 2.45) is 5.73 Å². The maximum atomic E-state index is 6.03. The number of hydrogen-bond donors (Lipinski definition) is 1. The summed E-state index contributed by atoms with van der Waals surface area (Å²) in [5.41, 5.74) is 6.03. The van der Waals surface area contributed by atoms with E-state index >= 15 is 0 Å². The molecule has 3 unspecified atom stereocenters. The van der Waals surface area contributed by atoms with Crippen LogP contribution in [0.1, 0.15) is 27.2 Å². The van der Waals surface area contributed by atoms with Crippen LogP contribution in [-0.4, -0.2) is 42.8 Å². The number of hydrogen-bond acceptors (Lipinski definition) is 3. The third-order valence-corrected chi connectivity index (χ3v) is 3.03. The van der Waals surface area contributed by atoms with Gasteiger partial charge in [0.1, 0.15) is 0 Å². The van der Waals surface area contributed by atoms with Gasteiger partial charge in [0, 0.05) is 24.7 Å². The fourth-order valence-electron chi connectivity index (χ4n) is 1.93.